The lowest BCUT2D eigenvalue weighted by atomic mass is 10.0. The van der Waals surface area contributed by atoms with Gasteiger partial charge in [-0.1, -0.05) is 70.5 Å². The van der Waals surface area contributed by atoms with Crippen molar-refractivity contribution in [2.45, 2.75) is 90.1 Å². The molecule has 0 aliphatic rings. The number of nitrogens with one attached hydrogen (secondary N) is 1. The second kappa shape index (κ2) is 46.5. The van der Waals surface area contributed by atoms with Crippen LogP contribution >= 0.6 is 31.9 Å². The fourth-order valence-corrected chi connectivity index (χ4v) is 17.6. The maximum Gasteiger partial charge on any atom is 0.435 e. The number of methoxy groups -OCH3 is 3. The summed E-state index contributed by atoms with van der Waals surface area (Å²) >= 11 is 6.35. The normalized spacial score (nSPS) is 11.9. The highest BCUT2D eigenvalue weighted by molar-refractivity contribution is 9.10. The summed E-state index contributed by atoms with van der Waals surface area (Å²) in [5, 5.41) is 26.6. The largest absolute Gasteiger partial charge is 0.497 e. The zero-order valence-electron chi connectivity index (χ0n) is 74.2. The van der Waals surface area contributed by atoms with Gasteiger partial charge in [0.2, 0.25) is 40.1 Å². The number of aromatic nitrogens is 14. The highest BCUT2D eigenvalue weighted by Gasteiger charge is 2.37. The Morgan fingerprint density at radius 2 is 0.686 bits per heavy atom. The van der Waals surface area contributed by atoms with E-state index >= 15 is 0 Å². The van der Waals surface area contributed by atoms with Gasteiger partial charge in [-0.15, -0.1) is 25.5 Å². The van der Waals surface area contributed by atoms with E-state index in [1.165, 1.54) is 108 Å². The molecule has 0 amide bonds. The molecule has 137 heavy (non-hydrogen) atoms. The number of nitrogens with zero attached hydrogens (tertiary/aromatic N) is 17. The Bertz CT molecular complexity index is 6870. The van der Waals surface area contributed by atoms with Gasteiger partial charge in [0.1, 0.15) is 28.9 Å². The zero-order chi connectivity index (χ0) is 101. The molecule has 728 valence electrons. The van der Waals surface area contributed by atoms with Gasteiger partial charge >= 0.3 is 24.7 Å². The molecule has 7 aromatic carbocycles. The number of halogens is 15. The molecule has 0 saturated heterocycles. The molecule has 0 radical (unpaired) electrons. The molecule has 7 heterocycles. The molecule has 7 aromatic heterocycles. The van der Waals surface area contributed by atoms with Crippen molar-refractivity contribution in [3.8, 4) is 39.8 Å². The summed E-state index contributed by atoms with van der Waals surface area (Å²) in [7, 11) is 0.949. The second-order valence-corrected chi connectivity index (χ2v) is 39.4. The van der Waals surface area contributed by atoms with Gasteiger partial charge in [0, 0.05) is 115 Å². The predicted octanol–water partition coefficient (Wildman–Crippen LogP) is 16.6. The van der Waals surface area contributed by atoms with Crippen molar-refractivity contribution in [1.82, 2.24) is 87.1 Å². The van der Waals surface area contributed by atoms with Gasteiger partial charge in [0.05, 0.1) is 98.5 Å². The number of hydrogen-bond donors (Lipinski definition) is 2. The molecule has 0 aliphatic carbocycles. The number of aryl methyl sites for hydroxylation is 4. The van der Waals surface area contributed by atoms with Crippen LogP contribution in [0.3, 0.4) is 0 Å². The van der Waals surface area contributed by atoms with Crippen LogP contribution in [0.4, 0.5) is 62.9 Å². The molecule has 0 aliphatic heterocycles. The minimum atomic E-state index is -4.58. The monoisotopic (exact) mass is 2120 g/mol. The Labute approximate surface area is 796 Å². The third kappa shape index (κ3) is 30.7. The van der Waals surface area contributed by atoms with Crippen LogP contribution in [0, 0.1) is 12.7 Å². The van der Waals surface area contributed by atoms with Crippen LogP contribution in [-0.4, -0.2) is 166 Å². The Kier molecular flexibility index (Phi) is 36.7. The van der Waals surface area contributed by atoms with Gasteiger partial charge in [-0.25, -0.2) is 57.7 Å². The average molecular weight is 2120 g/mol. The quantitative estimate of drug-likeness (QED) is 0.0502. The first kappa shape index (κ1) is 108. The van der Waals surface area contributed by atoms with E-state index in [0.717, 1.165) is 58.8 Å². The third-order valence-corrected chi connectivity index (χ3v) is 27.5. The molecule has 14 aromatic rings. The van der Waals surface area contributed by atoms with Crippen LogP contribution in [0.5, 0.6) is 17.2 Å². The number of alkyl halides is 12. The molecule has 14 rings (SSSR count). The maximum atomic E-state index is 13.4. The minimum absolute atomic E-state index is 0.0296. The molecule has 49 heteroatoms. The molecule has 3 N–H and O–H groups in total. The summed E-state index contributed by atoms with van der Waals surface area (Å²) in [6, 6.07) is 46.7. The smallest absolute Gasteiger partial charge is 0.435 e. The van der Waals surface area contributed by atoms with Gasteiger partial charge in [-0.05, 0) is 203 Å². The van der Waals surface area contributed by atoms with Crippen LogP contribution in [0.15, 0.2) is 260 Å². The lowest BCUT2D eigenvalue weighted by Gasteiger charge is -2.19. The maximum absolute atomic E-state index is 13.4. The molecule has 0 atom stereocenters. The molecule has 0 fully saturated rings. The number of nitrogens with two attached hydrogens (primary N) is 1. The van der Waals surface area contributed by atoms with E-state index in [1.807, 2.05) is 24.7 Å². The second-order valence-electron chi connectivity index (χ2n) is 29.6. The fraction of sp³-hybridized carbons (Fsp3) is 0.239. The summed E-state index contributed by atoms with van der Waals surface area (Å²) in [5.41, 5.74) is 9.28. The van der Waals surface area contributed by atoms with Crippen molar-refractivity contribution in [3.63, 3.8) is 0 Å². The molecule has 0 saturated carbocycles. The summed E-state index contributed by atoms with van der Waals surface area (Å²) in [6.07, 6.45) is -7.31. The van der Waals surface area contributed by atoms with E-state index in [2.05, 4.69) is 92.3 Å². The van der Waals surface area contributed by atoms with Gasteiger partial charge in [0.25, 0.3) is 0 Å². The predicted molar refractivity (Wildman–Crippen MR) is 486 cm³/mol. The Balaban J connectivity index is 0.000000194. The molecule has 0 unspecified atom stereocenters. The van der Waals surface area contributed by atoms with Crippen molar-refractivity contribution in [3.05, 3.63) is 325 Å². The molecular weight excluding hydrogens is 2030 g/mol. The van der Waals surface area contributed by atoms with Crippen molar-refractivity contribution < 1.29 is 105 Å². The number of sulfonamides is 4. The van der Waals surface area contributed by atoms with Crippen LogP contribution in [-0.2, 0) is 125 Å². The number of imidazole rings is 3. The van der Waals surface area contributed by atoms with Gasteiger partial charge < -0.3 is 33.6 Å². The third-order valence-electron chi connectivity index (χ3n) is 19.4. The van der Waals surface area contributed by atoms with Crippen LogP contribution in [0.2, 0.25) is 0 Å². The molecule has 0 spiro atoms. The summed E-state index contributed by atoms with van der Waals surface area (Å²) < 4.78 is 292. The van der Waals surface area contributed by atoms with E-state index in [9.17, 15) is 90.7 Å². The fourth-order valence-electron chi connectivity index (χ4n) is 12.1. The van der Waals surface area contributed by atoms with Crippen molar-refractivity contribution >= 4 is 77.8 Å². The number of anilines is 1. The van der Waals surface area contributed by atoms with Gasteiger partial charge in [0.15, 0.2) is 22.8 Å². The van der Waals surface area contributed by atoms with Crippen molar-refractivity contribution in [1.29, 1.82) is 0 Å². The highest BCUT2D eigenvalue weighted by atomic mass is 79.9. The zero-order valence-corrected chi connectivity index (χ0v) is 80.6. The molecule has 30 nitrogen and oxygen atoms in total. The first-order valence-electron chi connectivity index (χ1n) is 39.7. The van der Waals surface area contributed by atoms with Gasteiger partial charge in [-0.3, -0.25) is 0 Å². The lowest BCUT2D eigenvalue weighted by Crippen LogP contribution is -2.26. The van der Waals surface area contributed by atoms with Crippen molar-refractivity contribution in [2.75, 3.05) is 55.3 Å². The first-order valence-corrected chi connectivity index (χ1v) is 47.1. The number of rotatable bonds is 25. The Hall–Kier alpha value is -12.6. The number of hydrogen-bond acceptors (Lipinski definition) is 23. The number of ether oxygens (including phenoxy) is 3. The van der Waals surface area contributed by atoms with E-state index in [-0.39, 0.29) is 68.8 Å². The van der Waals surface area contributed by atoms with E-state index in [4.69, 9.17) is 19.9 Å². The average Bonchev–Trinajstić information content (AvgIpc) is 1.62. The van der Waals surface area contributed by atoms with E-state index in [0.29, 0.717) is 78.0 Å². The van der Waals surface area contributed by atoms with E-state index in [1.54, 1.807) is 167 Å². The summed E-state index contributed by atoms with van der Waals surface area (Å²) in [4.78, 5) is 12.8. The number of nitrogen functional groups attached to an aromatic ring is 1. The number of benzene rings is 7. The SMILES string of the molecule is CNS(=O)(=O)c1ccc(Cc2ccc(C(F)(F)F)nn2)c(-c2cn(C)cn2)c1.COc1ccc(CN(C)S(=O)(=O)c2ccc(Cc3ccc(C(F)(F)F)nn3)c(-c3cn(C)cn3)c2)cc1.COc1ccc(CN(C)S(=O)(=O)c2ccc(Cc3ccc(C(F)(F)F)nn3)c(Br)c2)cc1.COc1ccc(CN(C)S(=O)(=O)c2ccc(F)c(Br)c2)cc1.Cc1cn(C)cn1.Nc1ccc(C(F)(F)F)nn1. The topological polar surface area (TPSA) is 369 Å². The molecule has 0 bridgehead atoms. The minimum Gasteiger partial charge on any atom is -0.497 e. The molecular formula is C88H86Br2F13N19O11S4. The standard InChI is InChI=1S/C25H24F3N5O3S.C21H19BrF3N3O3S.C17H16F3N5O2S.C15H15BrFNO3S.C5H4F3N3.C5H8N2/c1-32-15-23(29-16-32)22-13-21(37(34,35)33(2)14-17-4-8-20(36-3)9-5-17)10-6-18(22)12-19-7-11-24(31-30-19)25(26,27)28;1-28(13-14-3-7-17(31-2)8-4-14)32(29,30)18-9-5-15(19(22)12-18)11-16-6-10-20(27-26-16)21(23,24)25;1-21-28(26,27)13-5-3-11(14(8-13)15-9-25(2)10-22-15)7-12-4-6-16(24-23-12)17(18,19)20;1-18(10-11-3-5-12(21-2)6-4-11)22(19,20)13-7-8-15(17)14(16)9-13;6-5(7,8)3-1-2-4(9)11-10-3;1-5-3-7(2)4-6-5/h4-11,13,15-16H,12,14H2,1-3H3;3-10,12H,11,13H2,1-2H3;3-6,8-10,21H,7H2,1-2H3;3-9H,10H2,1-2H3;1-2H,(H2,9,11);3-4H,1-2H3. The Morgan fingerprint density at radius 3 is 0.964 bits per heavy atom. The van der Waals surface area contributed by atoms with E-state index < -0.39 is 93.4 Å². The summed E-state index contributed by atoms with van der Waals surface area (Å²) in [6.45, 7) is 2.50. The van der Waals surface area contributed by atoms with Crippen LogP contribution in [0.25, 0.3) is 22.5 Å². The van der Waals surface area contributed by atoms with Crippen molar-refractivity contribution in [2.24, 2.45) is 21.1 Å². The Morgan fingerprint density at radius 1 is 0.380 bits per heavy atom. The van der Waals surface area contributed by atoms with Gasteiger partial charge in [-0.2, -0.15) is 80.9 Å². The first-order chi connectivity index (χ1) is 64.2. The van der Waals surface area contributed by atoms with Crippen LogP contribution in [0.1, 0.15) is 78.9 Å². The lowest BCUT2D eigenvalue weighted by molar-refractivity contribution is -0.142. The summed E-state index contributed by atoms with van der Waals surface area (Å²) in [5.74, 6) is 1.52. The van der Waals surface area contributed by atoms with Crippen LogP contribution < -0.4 is 24.7 Å². The highest BCUT2D eigenvalue weighted by Crippen LogP contribution is 2.36.